The molecule has 0 saturated carbocycles. The van der Waals surface area contributed by atoms with Crippen molar-refractivity contribution in [2.45, 2.75) is 25.2 Å². The number of rotatable bonds is 4. The average molecular weight is 384 g/mol. The van der Waals surface area contributed by atoms with E-state index in [0.717, 1.165) is 31.6 Å². The fraction of sp³-hybridized carbons (Fsp3) is 0.444. The van der Waals surface area contributed by atoms with Crippen molar-refractivity contribution in [1.29, 1.82) is 0 Å². The van der Waals surface area contributed by atoms with E-state index in [2.05, 4.69) is 32.9 Å². The lowest BCUT2D eigenvalue weighted by Crippen LogP contribution is -2.56. The minimum atomic E-state index is -0.624. The zero-order chi connectivity index (χ0) is 19.7. The molecular weight excluding hydrogens is 360 g/mol. The Morgan fingerprint density at radius 3 is 3.00 bits per heavy atom. The van der Waals surface area contributed by atoms with Gasteiger partial charge in [-0.2, -0.15) is 5.10 Å². The average Bonchev–Trinajstić information content (AvgIpc) is 3.28. The molecule has 0 aromatic carbocycles. The molecule has 0 bridgehead atoms. The first-order valence-electron chi connectivity index (χ1n) is 9.34. The summed E-state index contributed by atoms with van der Waals surface area (Å²) in [7, 11) is 1.81. The molecule has 0 radical (unpaired) electrons. The highest BCUT2D eigenvalue weighted by atomic mass is 16.2. The molecule has 3 aliphatic rings. The molecule has 0 spiro atoms. The molecule has 1 aromatic rings. The van der Waals surface area contributed by atoms with Crippen LogP contribution < -0.4 is 21.3 Å². The van der Waals surface area contributed by atoms with E-state index >= 15 is 0 Å². The largest absolute Gasteiger partial charge is 0.346 e. The van der Waals surface area contributed by atoms with Crippen LogP contribution in [0.25, 0.3) is 0 Å². The Bertz CT molecular complexity index is 865. The van der Waals surface area contributed by atoms with Gasteiger partial charge in [0.15, 0.2) is 6.29 Å². The second kappa shape index (κ2) is 7.56. The summed E-state index contributed by atoms with van der Waals surface area (Å²) in [5.74, 6) is -0.133. The summed E-state index contributed by atoms with van der Waals surface area (Å²) >= 11 is 0. The number of amidine groups is 1. The maximum absolute atomic E-state index is 12.6. The molecule has 10 heteroatoms. The third-order valence-electron chi connectivity index (χ3n) is 5.02. The van der Waals surface area contributed by atoms with Crippen molar-refractivity contribution < 1.29 is 9.59 Å². The molecule has 2 atom stereocenters. The van der Waals surface area contributed by atoms with E-state index < -0.39 is 6.29 Å². The van der Waals surface area contributed by atoms with Gasteiger partial charge >= 0.3 is 0 Å². The summed E-state index contributed by atoms with van der Waals surface area (Å²) in [6.45, 7) is 5.66. The van der Waals surface area contributed by atoms with Crippen molar-refractivity contribution in [2.24, 2.45) is 12.0 Å². The van der Waals surface area contributed by atoms with Crippen molar-refractivity contribution >= 4 is 23.3 Å². The van der Waals surface area contributed by atoms with Crippen molar-refractivity contribution in [3.05, 3.63) is 36.3 Å². The van der Waals surface area contributed by atoms with Crippen LogP contribution >= 0.6 is 0 Å². The first-order chi connectivity index (χ1) is 13.6. The van der Waals surface area contributed by atoms with Crippen molar-refractivity contribution in [2.75, 3.05) is 25.0 Å². The summed E-state index contributed by atoms with van der Waals surface area (Å²) in [5.41, 5.74) is 1.69. The van der Waals surface area contributed by atoms with Gasteiger partial charge < -0.3 is 16.0 Å². The van der Waals surface area contributed by atoms with Crippen molar-refractivity contribution in [3.63, 3.8) is 0 Å². The number of piperidine rings is 1. The van der Waals surface area contributed by atoms with Crippen LogP contribution in [-0.2, 0) is 16.6 Å². The molecule has 28 heavy (non-hydrogen) atoms. The maximum Gasteiger partial charge on any atom is 0.257 e. The Balaban J connectivity index is 1.68. The number of aryl methyl sites for hydroxylation is 1. The number of aromatic nitrogens is 2. The first-order valence-corrected chi connectivity index (χ1v) is 9.34. The van der Waals surface area contributed by atoms with Crippen molar-refractivity contribution in [3.8, 4) is 0 Å². The SMILES string of the molecule is C=CC(=O)N1C2=C(C(=O)NC2)C(Nc2cnn(C)c2)=NC1NC1CCCNC1. The third kappa shape index (κ3) is 3.43. The standard InChI is InChI=1S/C18H24N8O2/c1-3-14(27)26-13-9-20-17(28)15(13)16(22-12-8-21-25(2)10-12)24-18(26)23-11-5-4-6-19-7-11/h3,8,10-11,18-19,23H,1,4-7,9H2,2H3,(H,20,28)(H,22,24). The molecule has 10 nitrogen and oxygen atoms in total. The maximum atomic E-state index is 12.6. The molecular formula is C18H24N8O2. The van der Waals surface area contributed by atoms with Gasteiger partial charge in [0.25, 0.3) is 11.8 Å². The highest BCUT2D eigenvalue weighted by Gasteiger charge is 2.40. The van der Waals surface area contributed by atoms with Gasteiger partial charge in [0.2, 0.25) is 0 Å². The van der Waals surface area contributed by atoms with E-state index in [-0.39, 0.29) is 24.4 Å². The molecule has 148 valence electrons. The van der Waals surface area contributed by atoms with Gasteiger partial charge in [-0.15, -0.1) is 0 Å². The Labute approximate surface area is 162 Å². The van der Waals surface area contributed by atoms with Crippen LogP contribution in [0.1, 0.15) is 12.8 Å². The van der Waals surface area contributed by atoms with Gasteiger partial charge in [-0.25, -0.2) is 4.99 Å². The number of carbonyl (C=O) groups excluding carboxylic acids is 2. The van der Waals surface area contributed by atoms with Gasteiger partial charge in [-0.05, 0) is 25.5 Å². The molecule has 4 heterocycles. The van der Waals surface area contributed by atoms with Crippen LogP contribution in [0.2, 0.25) is 0 Å². The highest BCUT2D eigenvalue weighted by molar-refractivity contribution is 6.27. The van der Waals surface area contributed by atoms with Gasteiger partial charge in [0.05, 0.1) is 24.1 Å². The number of carbonyl (C=O) groups is 2. The number of nitrogens with one attached hydrogen (secondary N) is 4. The zero-order valence-electron chi connectivity index (χ0n) is 15.7. The third-order valence-corrected chi connectivity index (χ3v) is 5.02. The smallest absolute Gasteiger partial charge is 0.257 e. The molecule has 4 rings (SSSR count). The number of nitrogens with zero attached hydrogens (tertiary/aromatic N) is 4. The van der Waals surface area contributed by atoms with Crippen LogP contribution in [0.5, 0.6) is 0 Å². The van der Waals surface area contributed by atoms with Gasteiger partial charge in [-0.3, -0.25) is 24.5 Å². The molecule has 2 unspecified atom stereocenters. The van der Waals surface area contributed by atoms with Crippen LogP contribution in [0.15, 0.2) is 41.3 Å². The zero-order valence-corrected chi connectivity index (χ0v) is 15.7. The minimum Gasteiger partial charge on any atom is -0.346 e. The summed E-state index contributed by atoms with van der Waals surface area (Å²) < 4.78 is 1.66. The fourth-order valence-electron chi connectivity index (χ4n) is 3.70. The minimum absolute atomic E-state index is 0.175. The summed E-state index contributed by atoms with van der Waals surface area (Å²) in [5, 5.41) is 16.9. The summed E-state index contributed by atoms with van der Waals surface area (Å²) in [4.78, 5) is 31.3. The Morgan fingerprint density at radius 1 is 1.46 bits per heavy atom. The van der Waals surface area contributed by atoms with Crippen LogP contribution in [0.4, 0.5) is 5.69 Å². The predicted molar refractivity (Wildman–Crippen MR) is 104 cm³/mol. The molecule has 2 amide bonds. The molecule has 3 aliphatic heterocycles. The topological polar surface area (TPSA) is 116 Å². The lowest BCUT2D eigenvalue weighted by Gasteiger charge is -2.37. The molecule has 4 N–H and O–H groups in total. The Hall–Kier alpha value is -2.98. The quantitative estimate of drug-likeness (QED) is 0.509. The molecule has 1 fully saturated rings. The van der Waals surface area contributed by atoms with Crippen LogP contribution in [0.3, 0.4) is 0 Å². The van der Waals surface area contributed by atoms with E-state index in [1.54, 1.807) is 17.1 Å². The van der Waals surface area contributed by atoms with E-state index in [1.165, 1.54) is 11.0 Å². The molecule has 1 saturated heterocycles. The molecule has 1 aromatic heterocycles. The Morgan fingerprint density at radius 2 is 2.32 bits per heavy atom. The summed E-state index contributed by atoms with van der Waals surface area (Å²) in [6.07, 6.45) is 6.12. The number of aliphatic imine (C=N–C) groups is 1. The lowest BCUT2D eigenvalue weighted by molar-refractivity contribution is -0.126. The monoisotopic (exact) mass is 384 g/mol. The predicted octanol–water partition coefficient (Wildman–Crippen LogP) is -0.732. The number of hydrogen-bond acceptors (Lipinski definition) is 7. The first kappa shape index (κ1) is 18.4. The van der Waals surface area contributed by atoms with E-state index in [4.69, 9.17) is 4.99 Å². The highest BCUT2D eigenvalue weighted by Crippen LogP contribution is 2.26. The van der Waals surface area contributed by atoms with E-state index in [1.807, 2.05) is 7.05 Å². The Kier molecular flexibility index (Phi) is 4.97. The molecule has 0 aliphatic carbocycles. The lowest BCUT2D eigenvalue weighted by atomic mass is 10.1. The normalized spacial score (nSPS) is 24.5. The number of anilines is 1. The van der Waals surface area contributed by atoms with Crippen LogP contribution in [-0.4, -0.2) is 64.3 Å². The van der Waals surface area contributed by atoms with Gasteiger partial charge in [0.1, 0.15) is 11.4 Å². The van der Waals surface area contributed by atoms with E-state index in [0.29, 0.717) is 17.1 Å². The van der Waals surface area contributed by atoms with Gasteiger partial charge in [-0.1, -0.05) is 6.58 Å². The number of hydrogen-bond donors (Lipinski definition) is 4. The van der Waals surface area contributed by atoms with Gasteiger partial charge in [0, 0.05) is 25.8 Å². The second-order valence-corrected chi connectivity index (χ2v) is 7.01. The number of amides is 2. The van der Waals surface area contributed by atoms with E-state index in [9.17, 15) is 9.59 Å². The van der Waals surface area contributed by atoms with Crippen molar-refractivity contribution in [1.82, 2.24) is 30.6 Å². The fourth-order valence-corrected chi connectivity index (χ4v) is 3.70. The van der Waals surface area contributed by atoms with Crippen LogP contribution in [0, 0.1) is 0 Å². The second-order valence-electron chi connectivity index (χ2n) is 7.01. The summed E-state index contributed by atoms with van der Waals surface area (Å²) in [6, 6.07) is 0.175.